The Morgan fingerprint density at radius 2 is 1.77 bits per heavy atom. The molecule has 0 spiro atoms. The standard InChI is InChI=1S/C18H30N2OS/c1-2-3-4-5-6-10-13-19-18(22)20-17(15-21)14-16-11-8-7-9-12-16/h7-9,11-12,17,21H,2-6,10,13-15H2,1H3,(H2,19,20,22)/t17-/m0/s1. The second kappa shape index (κ2) is 12.4. The lowest BCUT2D eigenvalue weighted by Gasteiger charge is -2.19. The minimum Gasteiger partial charge on any atom is -0.394 e. The van der Waals surface area contributed by atoms with Gasteiger partial charge in [0.25, 0.3) is 0 Å². The van der Waals surface area contributed by atoms with E-state index in [1.165, 1.54) is 37.7 Å². The lowest BCUT2D eigenvalue weighted by molar-refractivity contribution is 0.254. The molecule has 124 valence electrons. The van der Waals surface area contributed by atoms with Gasteiger partial charge in [0.15, 0.2) is 5.11 Å². The molecule has 4 heteroatoms. The summed E-state index contributed by atoms with van der Waals surface area (Å²) in [5.74, 6) is 0. The predicted octanol–water partition coefficient (Wildman–Crippen LogP) is 3.41. The van der Waals surface area contributed by atoms with E-state index < -0.39 is 0 Å². The van der Waals surface area contributed by atoms with Crippen LogP contribution in [0.15, 0.2) is 30.3 Å². The minimum atomic E-state index is -0.0352. The number of thiocarbonyl (C=S) groups is 1. The summed E-state index contributed by atoms with van der Waals surface area (Å²) in [5, 5.41) is 16.6. The Hall–Kier alpha value is -1.13. The number of unbranched alkanes of at least 4 members (excludes halogenated alkanes) is 5. The molecule has 0 fully saturated rings. The van der Waals surface area contributed by atoms with Crippen LogP contribution in [0, 0.1) is 0 Å². The number of aliphatic hydroxyl groups is 1. The molecule has 0 saturated carbocycles. The Bertz CT molecular complexity index is 397. The number of rotatable bonds is 11. The highest BCUT2D eigenvalue weighted by Crippen LogP contribution is 2.04. The van der Waals surface area contributed by atoms with Crippen LogP contribution >= 0.6 is 12.2 Å². The van der Waals surface area contributed by atoms with Crippen molar-refractivity contribution in [1.82, 2.24) is 10.6 Å². The van der Waals surface area contributed by atoms with E-state index in [0.29, 0.717) is 5.11 Å². The topological polar surface area (TPSA) is 44.3 Å². The van der Waals surface area contributed by atoms with E-state index in [1.807, 2.05) is 18.2 Å². The van der Waals surface area contributed by atoms with Crippen LogP contribution in [-0.2, 0) is 6.42 Å². The van der Waals surface area contributed by atoms with E-state index in [9.17, 15) is 5.11 Å². The third-order valence-corrected chi connectivity index (χ3v) is 3.96. The molecule has 22 heavy (non-hydrogen) atoms. The van der Waals surface area contributed by atoms with Crippen molar-refractivity contribution in [2.75, 3.05) is 13.2 Å². The summed E-state index contributed by atoms with van der Waals surface area (Å²) >= 11 is 5.30. The van der Waals surface area contributed by atoms with Crippen LogP contribution in [-0.4, -0.2) is 29.4 Å². The fraction of sp³-hybridized carbons (Fsp3) is 0.611. The van der Waals surface area contributed by atoms with E-state index in [-0.39, 0.29) is 12.6 Å². The van der Waals surface area contributed by atoms with Gasteiger partial charge in [-0.05, 0) is 30.6 Å². The highest BCUT2D eigenvalue weighted by molar-refractivity contribution is 7.80. The van der Waals surface area contributed by atoms with Gasteiger partial charge in [-0.2, -0.15) is 0 Å². The predicted molar refractivity (Wildman–Crippen MR) is 98.1 cm³/mol. The lowest BCUT2D eigenvalue weighted by atomic mass is 10.1. The van der Waals surface area contributed by atoms with Crippen LogP contribution in [0.3, 0.4) is 0 Å². The Labute approximate surface area is 140 Å². The summed E-state index contributed by atoms with van der Waals surface area (Å²) in [4.78, 5) is 0. The number of hydrogen-bond donors (Lipinski definition) is 3. The molecule has 1 atom stereocenters. The number of hydrogen-bond acceptors (Lipinski definition) is 2. The molecule has 1 rings (SSSR count). The summed E-state index contributed by atoms with van der Waals surface area (Å²) < 4.78 is 0. The molecule has 0 unspecified atom stereocenters. The van der Waals surface area contributed by atoms with Gasteiger partial charge in [0.1, 0.15) is 0 Å². The molecule has 0 aliphatic carbocycles. The van der Waals surface area contributed by atoms with Crippen LogP contribution < -0.4 is 10.6 Å². The molecule has 3 nitrogen and oxygen atoms in total. The van der Waals surface area contributed by atoms with Gasteiger partial charge in [-0.25, -0.2) is 0 Å². The maximum atomic E-state index is 9.48. The van der Waals surface area contributed by atoms with Gasteiger partial charge in [0.2, 0.25) is 0 Å². The van der Waals surface area contributed by atoms with E-state index in [0.717, 1.165) is 19.4 Å². The first-order chi connectivity index (χ1) is 10.8. The summed E-state index contributed by atoms with van der Waals surface area (Å²) in [6.45, 7) is 3.22. The van der Waals surface area contributed by atoms with Gasteiger partial charge in [0.05, 0.1) is 12.6 Å². The van der Waals surface area contributed by atoms with Crippen molar-refractivity contribution in [1.29, 1.82) is 0 Å². The minimum absolute atomic E-state index is 0.0352. The monoisotopic (exact) mass is 322 g/mol. The van der Waals surface area contributed by atoms with Gasteiger partial charge in [0, 0.05) is 6.54 Å². The van der Waals surface area contributed by atoms with Crippen molar-refractivity contribution in [3.8, 4) is 0 Å². The fourth-order valence-electron chi connectivity index (χ4n) is 2.40. The molecule has 3 N–H and O–H groups in total. The van der Waals surface area contributed by atoms with Crippen molar-refractivity contribution in [3.05, 3.63) is 35.9 Å². The van der Waals surface area contributed by atoms with E-state index in [4.69, 9.17) is 12.2 Å². The molecule has 0 aliphatic rings. The zero-order valence-electron chi connectivity index (χ0n) is 13.7. The molecule has 1 aromatic carbocycles. The van der Waals surface area contributed by atoms with Crippen LogP contribution in [0.1, 0.15) is 51.0 Å². The number of benzene rings is 1. The SMILES string of the molecule is CCCCCCCCNC(=S)N[C@H](CO)Cc1ccccc1. The number of nitrogens with one attached hydrogen (secondary N) is 2. The average Bonchev–Trinajstić information content (AvgIpc) is 2.54. The first kappa shape index (κ1) is 18.9. The quantitative estimate of drug-likeness (QED) is 0.431. The van der Waals surface area contributed by atoms with Crippen LogP contribution in [0.2, 0.25) is 0 Å². The van der Waals surface area contributed by atoms with Crippen molar-refractivity contribution in [2.45, 2.75) is 57.9 Å². The van der Waals surface area contributed by atoms with E-state index in [2.05, 4.69) is 29.7 Å². The van der Waals surface area contributed by atoms with Crippen molar-refractivity contribution >= 4 is 17.3 Å². The lowest BCUT2D eigenvalue weighted by Crippen LogP contribution is -2.44. The van der Waals surface area contributed by atoms with Crippen molar-refractivity contribution < 1.29 is 5.11 Å². The summed E-state index contributed by atoms with van der Waals surface area (Å²) in [5.41, 5.74) is 1.20. The summed E-state index contributed by atoms with van der Waals surface area (Å²) in [6.07, 6.45) is 8.44. The molecule has 0 radical (unpaired) electrons. The second-order valence-corrected chi connectivity index (χ2v) is 6.15. The molecule has 1 aromatic rings. The van der Waals surface area contributed by atoms with Gasteiger partial charge < -0.3 is 15.7 Å². The first-order valence-corrected chi connectivity index (χ1v) is 8.86. The van der Waals surface area contributed by atoms with E-state index in [1.54, 1.807) is 0 Å². The normalized spacial score (nSPS) is 11.9. The molecule has 0 saturated heterocycles. The van der Waals surface area contributed by atoms with Gasteiger partial charge in [-0.3, -0.25) is 0 Å². The zero-order chi connectivity index (χ0) is 16.0. The highest BCUT2D eigenvalue weighted by atomic mass is 32.1. The first-order valence-electron chi connectivity index (χ1n) is 8.45. The molecule has 0 bridgehead atoms. The summed E-state index contributed by atoms with van der Waals surface area (Å²) in [7, 11) is 0. The second-order valence-electron chi connectivity index (χ2n) is 5.74. The highest BCUT2D eigenvalue weighted by Gasteiger charge is 2.09. The Balaban J connectivity index is 2.14. The average molecular weight is 323 g/mol. The zero-order valence-corrected chi connectivity index (χ0v) is 14.5. The smallest absolute Gasteiger partial charge is 0.166 e. The van der Waals surface area contributed by atoms with Gasteiger partial charge in [-0.15, -0.1) is 0 Å². The van der Waals surface area contributed by atoms with Crippen LogP contribution in [0.4, 0.5) is 0 Å². The molecular weight excluding hydrogens is 292 g/mol. The largest absolute Gasteiger partial charge is 0.394 e. The molecule has 0 aliphatic heterocycles. The summed E-state index contributed by atoms with van der Waals surface area (Å²) in [6, 6.07) is 10.1. The third-order valence-electron chi connectivity index (χ3n) is 3.70. The maximum Gasteiger partial charge on any atom is 0.166 e. The fourth-order valence-corrected chi connectivity index (χ4v) is 2.67. The Morgan fingerprint density at radius 3 is 2.45 bits per heavy atom. The van der Waals surface area contributed by atoms with Crippen molar-refractivity contribution in [3.63, 3.8) is 0 Å². The third kappa shape index (κ3) is 9.00. The Kier molecular flexibility index (Phi) is 10.7. The molecule has 0 aromatic heterocycles. The molecular formula is C18H30N2OS. The van der Waals surface area contributed by atoms with Gasteiger partial charge in [-0.1, -0.05) is 69.4 Å². The van der Waals surface area contributed by atoms with Crippen LogP contribution in [0.5, 0.6) is 0 Å². The Morgan fingerprint density at radius 1 is 1.09 bits per heavy atom. The maximum absolute atomic E-state index is 9.48. The van der Waals surface area contributed by atoms with Crippen LogP contribution in [0.25, 0.3) is 0 Å². The van der Waals surface area contributed by atoms with Crippen molar-refractivity contribution in [2.24, 2.45) is 0 Å². The van der Waals surface area contributed by atoms with Gasteiger partial charge >= 0.3 is 0 Å². The number of aliphatic hydroxyl groups excluding tert-OH is 1. The van der Waals surface area contributed by atoms with E-state index >= 15 is 0 Å². The molecule has 0 amide bonds. The molecule has 0 heterocycles.